The fourth-order valence-corrected chi connectivity index (χ4v) is 2.15. The average Bonchev–Trinajstić information content (AvgIpc) is 2.73. The number of carbonyl (C=O) groups excluding carboxylic acids is 1. The van der Waals surface area contributed by atoms with E-state index in [9.17, 15) is 13.6 Å². The van der Waals surface area contributed by atoms with Crippen molar-refractivity contribution in [2.75, 3.05) is 18.8 Å². The van der Waals surface area contributed by atoms with Gasteiger partial charge in [0.05, 0.1) is 5.52 Å². The number of hydrogen-bond donors (Lipinski definition) is 1. The second kappa shape index (κ2) is 5.44. The van der Waals surface area contributed by atoms with Gasteiger partial charge in [0.15, 0.2) is 11.6 Å². The quantitative estimate of drug-likeness (QED) is 0.929. The molecule has 20 heavy (non-hydrogen) atoms. The van der Waals surface area contributed by atoms with E-state index >= 15 is 0 Å². The summed E-state index contributed by atoms with van der Waals surface area (Å²) in [5, 5.41) is 0. The Hall–Kier alpha value is -2.18. The van der Waals surface area contributed by atoms with Gasteiger partial charge in [-0.05, 0) is 26.0 Å². The van der Waals surface area contributed by atoms with Gasteiger partial charge in [-0.1, -0.05) is 0 Å². The Morgan fingerprint density at radius 3 is 2.60 bits per heavy atom. The van der Waals surface area contributed by atoms with Gasteiger partial charge in [-0.25, -0.2) is 13.8 Å². The molecule has 0 fully saturated rings. The van der Waals surface area contributed by atoms with Crippen LogP contribution < -0.4 is 5.73 Å². The number of halogens is 2. The van der Waals surface area contributed by atoms with Gasteiger partial charge in [0, 0.05) is 13.1 Å². The first kappa shape index (κ1) is 14.2. The highest BCUT2D eigenvalue weighted by Crippen LogP contribution is 2.23. The first-order chi connectivity index (χ1) is 9.49. The SMILES string of the molecule is CCN(CC)C(=O)Cn1c(N)nc2ccc(F)c(F)c21. The van der Waals surface area contributed by atoms with Crippen LogP contribution in [-0.4, -0.2) is 33.4 Å². The standard InChI is InChI=1S/C13H16F2N4O/c1-3-18(4-2)10(20)7-19-12-9(17-13(19)16)6-5-8(14)11(12)15/h5-6H,3-4,7H2,1-2H3,(H2,16,17). The third-order valence-corrected chi connectivity index (χ3v) is 3.24. The van der Waals surface area contributed by atoms with Crippen LogP contribution in [0.4, 0.5) is 14.7 Å². The normalized spacial score (nSPS) is 11.0. The molecule has 0 spiro atoms. The molecule has 5 nitrogen and oxygen atoms in total. The number of likely N-dealkylation sites (N-methyl/N-ethyl adjacent to an activating group) is 1. The van der Waals surface area contributed by atoms with Crippen molar-refractivity contribution in [3.63, 3.8) is 0 Å². The van der Waals surface area contributed by atoms with Gasteiger partial charge < -0.3 is 10.6 Å². The monoisotopic (exact) mass is 282 g/mol. The summed E-state index contributed by atoms with van der Waals surface area (Å²) in [6, 6.07) is 2.32. The molecular weight excluding hydrogens is 266 g/mol. The number of hydrogen-bond acceptors (Lipinski definition) is 3. The van der Waals surface area contributed by atoms with E-state index in [1.165, 1.54) is 10.6 Å². The predicted molar refractivity (Wildman–Crippen MR) is 72.0 cm³/mol. The summed E-state index contributed by atoms with van der Waals surface area (Å²) in [5.74, 6) is -2.26. The fourth-order valence-electron chi connectivity index (χ4n) is 2.15. The van der Waals surface area contributed by atoms with Crippen LogP contribution in [-0.2, 0) is 11.3 Å². The van der Waals surface area contributed by atoms with E-state index in [4.69, 9.17) is 5.73 Å². The molecule has 0 atom stereocenters. The van der Waals surface area contributed by atoms with Gasteiger partial charge in [0.25, 0.3) is 0 Å². The number of fused-ring (bicyclic) bond motifs is 1. The molecule has 108 valence electrons. The second-order valence-electron chi connectivity index (χ2n) is 4.35. The minimum absolute atomic E-state index is 0.00925. The van der Waals surface area contributed by atoms with E-state index in [1.54, 1.807) is 4.90 Å². The van der Waals surface area contributed by atoms with Crippen molar-refractivity contribution in [2.45, 2.75) is 20.4 Å². The zero-order valence-corrected chi connectivity index (χ0v) is 11.4. The molecule has 7 heteroatoms. The van der Waals surface area contributed by atoms with Crippen LogP contribution in [0.15, 0.2) is 12.1 Å². The summed E-state index contributed by atoms with van der Waals surface area (Å²) in [6.07, 6.45) is 0. The van der Waals surface area contributed by atoms with Crippen molar-refractivity contribution in [1.82, 2.24) is 14.5 Å². The molecule has 2 rings (SSSR count). The molecule has 2 aromatic rings. The fraction of sp³-hybridized carbons (Fsp3) is 0.385. The third-order valence-electron chi connectivity index (χ3n) is 3.24. The Labute approximate surface area is 115 Å². The number of nitrogens with zero attached hydrogens (tertiary/aromatic N) is 3. The molecule has 0 saturated heterocycles. The second-order valence-corrected chi connectivity index (χ2v) is 4.35. The maximum absolute atomic E-state index is 13.9. The molecule has 0 unspecified atom stereocenters. The van der Waals surface area contributed by atoms with Crippen molar-refractivity contribution in [3.05, 3.63) is 23.8 Å². The molecule has 0 aliphatic rings. The number of rotatable bonds is 4. The van der Waals surface area contributed by atoms with E-state index in [0.29, 0.717) is 13.1 Å². The van der Waals surface area contributed by atoms with E-state index in [2.05, 4.69) is 4.98 Å². The largest absolute Gasteiger partial charge is 0.369 e. The summed E-state index contributed by atoms with van der Waals surface area (Å²) >= 11 is 0. The number of amides is 1. The van der Waals surface area contributed by atoms with Crippen LogP contribution in [0.25, 0.3) is 11.0 Å². The van der Waals surface area contributed by atoms with Crippen molar-refractivity contribution < 1.29 is 13.6 Å². The number of aromatic nitrogens is 2. The minimum atomic E-state index is -1.04. The lowest BCUT2D eigenvalue weighted by atomic mass is 10.3. The number of anilines is 1. The number of imidazole rings is 1. The van der Waals surface area contributed by atoms with Crippen molar-refractivity contribution in [1.29, 1.82) is 0 Å². The Kier molecular flexibility index (Phi) is 3.87. The highest BCUT2D eigenvalue weighted by atomic mass is 19.2. The lowest BCUT2D eigenvalue weighted by Crippen LogP contribution is -2.33. The number of nitrogen functional groups attached to an aromatic ring is 1. The van der Waals surface area contributed by atoms with Crippen LogP contribution in [0, 0.1) is 11.6 Å². The zero-order chi connectivity index (χ0) is 14.9. The van der Waals surface area contributed by atoms with Crippen molar-refractivity contribution >= 4 is 22.9 Å². The molecule has 0 aliphatic carbocycles. The maximum atomic E-state index is 13.9. The summed E-state index contributed by atoms with van der Waals surface area (Å²) < 4.78 is 28.4. The summed E-state index contributed by atoms with van der Waals surface area (Å²) in [7, 11) is 0. The minimum Gasteiger partial charge on any atom is -0.369 e. The Morgan fingerprint density at radius 1 is 1.35 bits per heavy atom. The Bertz CT molecular complexity index is 649. The zero-order valence-electron chi connectivity index (χ0n) is 11.4. The summed E-state index contributed by atoms with van der Waals surface area (Å²) in [5.41, 5.74) is 5.85. The third kappa shape index (κ3) is 2.31. The summed E-state index contributed by atoms with van der Waals surface area (Å²) in [4.78, 5) is 17.6. The van der Waals surface area contributed by atoms with Gasteiger partial charge in [-0.3, -0.25) is 9.36 Å². The highest BCUT2D eigenvalue weighted by molar-refractivity contribution is 5.83. The molecule has 0 aliphatic heterocycles. The van der Waals surface area contributed by atoms with E-state index in [-0.39, 0.29) is 29.4 Å². The molecule has 1 aromatic heterocycles. The molecule has 1 heterocycles. The smallest absolute Gasteiger partial charge is 0.242 e. The van der Waals surface area contributed by atoms with Crippen LogP contribution >= 0.6 is 0 Å². The van der Waals surface area contributed by atoms with E-state index in [1.807, 2.05) is 13.8 Å². The van der Waals surface area contributed by atoms with Gasteiger partial charge in [-0.15, -0.1) is 0 Å². The van der Waals surface area contributed by atoms with Crippen LogP contribution in [0.1, 0.15) is 13.8 Å². The van der Waals surface area contributed by atoms with Crippen LogP contribution in [0.2, 0.25) is 0 Å². The van der Waals surface area contributed by atoms with Gasteiger partial charge in [-0.2, -0.15) is 0 Å². The molecular formula is C13H16F2N4O. The molecule has 1 aromatic carbocycles. The highest BCUT2D eigenvalue weighted by Gasteiger charge is 2.19. The van der Waals surface area contributed by atoms with E-state index in [0.717, 1.165) is 6.07 Å². The Balaban J connectivity index is 2.46. The molecule has 0 bridgehead atoms. The molecule has 2 N–H and O–H groups in total. The number of benzene rings is 1. The van der Waals surface area contributed by atoms with Crippen LogP contribution in [0.5, 0.6) is 0 Å². The Morgan fingerprint density at radius 2 is 2.00 bits per heavy atom. The lowest BCUT2D eigenvalue weighted by molar-refractivity contribution is -0.131. The lowest BCUT2D eigenvalue weighted by Gasteiger charge is -2.19. The van der Waals surface area contributed by atoms with Gasteiger partial charge >= 0.3 is 0 Å². The first-order valence-corrected chi connectivity index (χ1v) is 6.37. The van der Waals surface area contributed by atoms with Gasteiger partial charge in [0.1, 0.15) is 12.1 Å². The van der Waals surface area contributed by atoms with Crippen molar-refractivity contribution in [2.24, 2.45) is 0 Å². The summed E-state index contributed by atoms with van der Waals surface area (Å²) in [6.45, 7) is 4.61. The maximum Gasteiger partial charge on any atom is 0.242 e. The van der Waals surface area contributed by atoms with Crippen LogP contribution in [0.3, 0.4) is 0 Å². The van der Waals surface area contributed by atoms with Crippen molar-refractivity contribution in [3.8, 4) is 0 Å². The van der Waals surface area contributed by atoms with E-state index < -0.39 is 11.6 Å². The number of nitrogens with two attached hydrogens (primary N) is 1. The van der Waals surface area contributed by atoms with Gasteiger partial charge in [0.2, 0.25) is 11.9 Å². The average molecular weight is 282 g/mol. The topological polar surface area (TPSA) is 64.2 Å². The molecule has 0 saturated carbocycles. The first-order valence-electron chi connectivity index (χ1n) is 6.37. The molecule has 0 radical (unpaired) electrons. The molecule has 1 amide bonds. The number of carbonyl (C=O) groups is 1. The predicted octanol–water partition coefficient (Wildman–Crippen LogP) is 1.77.